The Morgan fingerprint density at radius 1 is 1.19 bits per heavy atom. The first-order valence-corrected chi connectivity index (χ1v) is 9.54. The molecule has 1 aliphatic rings. The van der Waals surface area contributed by atoms with E-state index >= 15 is 0 Å². The van der Waals surface area contributed by atoms with Crippen LogP contribution in [-0.2, 0) is 21.2 Å². The molecule has 1 aliphatic heterocycles. The highest BCUT2D eigenvalue weighted by Crippen LogP contribution is 2.29. The number of amides is 1. The van der Waals surface area contributed by atoms with Gasteiger partial charge in [-0.3, -0.25) is 9.52 Å². The SMILES string of the molecule is O=C1Cc2cc(S(=O)(=O)Nc3ccc(Cl)cc3-n3cccn3)ccc2N1. The minimum Gasteiger partial charge on any atom is -0.326 e. The second-order valence-corrected chi connectivity index (χ2v) is 7.88. The molecule has 0 spiro atoms. The number of benzene rings is 2. The normalized spacial score (nSPS) is 13.3. The number of sulfonamides is 1. The summed E-state index contributed by atoms with van der Waals surface area (Å²) >= 11 is 6.04. The fourth-order valence-corrected chi connectivity index (χ4v) is 4.06. The van der Waals surface area contributed by atoms with Crippen molar-refractivity contribution >= 4 is 38.9 Å². The van der Waals surface area contributed by atoms with Gasteiger partial charge >= 0.3 is 0 Å². The summed E-state index contributed by atoms with van der Waals surface area (Å²) < 4.78 is 29.7. The van der Waals surface area contributed by atoms with Gasteiger partial charge in [-0.05, 0) is 48.0 Å². The molecule has 0 fully saturated rings. The number of rotatable bonds is 4. The Balaban J connectivity index is 1.72. The summed E-state index contributed by atoms with van der Waals surface area (Å²) in [6.07, 6.45) is 3.44. The fraction of sp³-hybridized carbons (Fsp3) is 0.0588. The molecule has 2 heterocycles. The van der Waals surface area contributed by atoms with Crippen LogP contribution in [0.5, 0.6) is 0 Å². The van der Waals surface area contributed by atoms with Crippen LogP contribution in [0.1, 0.15) is 5.56 Å². The zero-order valence-electron chi connectivity index (χ0n) is 13.3. The van der Waals surface area contributed by atoms with Crippen LogP contribution in [0.2, 0.25) is 5.02 Å². The van der Waals surface area contributed by atoms with E-state index in [9.17, 15) is 13.2 Å². The van der Waals surface area contributed by atoms with Gasteiger partial charge in [-0.1, -0.05) is 11.6 Å². The molecule has 132 valence electrons. The first-order valence-electron chi connectivity index (χ1n) is 7.67. The third kappa shape index (κ3) is 3.04. The highest BCUT2D eigenvalue weighted by molar-refractivity contribution is 7.92. The molecular weight excluding hydrogens is 376 g/mol. The molecule has 26 heavy (non-hydrogen) atoms. The van der Waals surface area contributed by atoms with E-state index in [1.165, 1.54) is 16.8 Å². The quantitative estimate of drug-likeness (QED) is 0.718. The van der Waals surface area contributed by atoms with Crippen LogP contribution in [0.15, 0.2) is 59.8 Å². The minimum absolute atomic E-state index is 0.0779. The molecule has 2 aromatic carbocycles. The van der Waals surface area contributed by atoms with Crippen molar-refractivity contribution in [2.75, 3.05) is 10.0 Å². The van der Waals surface area contributed by atoms with E-state index in [1.807, 2.05) is 0 Å². The number of fused-ring (bicyclic) bond motifs is 1. The van der Waals surface area contributed by atoms with Gasteiger partial charge in [0, 0.05) is 23.1 Å². The molecule has 3 aromatic rings. The molecule has 2 N–H and O–H groups in total. The predicted octanol–water partition coefficient (Wildman–Crippen LogP) is 2.82. The topological polar surface area (TPSA) is 93.1 Å². The van der Waals surface area contributed by atoms with E-state index in [0.717, 1.165) is 0 Å². The molecule has 4 rings (SSSR count). The molecular formula is C17H13ClN4O3S. The van der Waals surface area contributed by atoms with Crippen molar-refractivity contribution in [2.24, 2.45) is 0 Å². The van der Waals surface area contributed by atoms with Crippen molar-refractivity contribution in [2.45, 2.75) is 11.3 Å². The number of anilines is 2. The van der Waals surface area contributed by atoms with E-state index < -0.39 is 10.0 Å². The molecule has 1 amide bonds. The maximum absolute atomic E-state index is 12.8. The second kappa shape index (κ2) is 6.15. The van der Waals surface area contributed by atoms with Gasteiger partial charge in [0.25, 0.3) is 10.0 Å². The molecule has 0 aliphatic carbocycles. The second-order valence-electron chi connectivity index (χ2n) is 5.76. The van der Waals surface area contributed by atoms with Crippen molar-refractivity contribution in [3.05, 3.63) is 65.4 Å². The lowest BCUT2D eigenvalue weighted by Crippen LogP contribution is -2.15. The van der Waals surface area contributed by atoms with Crippen molar-refractivity contribution in [1.29, 1.82) is 0 Å². The van der Waals surface area contributed by atoms with Crippen LogP contribution in [0, 0.1) is 0 Å². The number of carbonyl (C=O) groups excluding carboxylic acids is 1. The van der Waals surface area contributed by atoms with Gasteiger partial charge in [0.05, 0.1) is 22.7 Å². The van der Waals surface area contributed by atoms with Crippen LogP contribution in [0.4, 0.5) is 11.4 Å². The first kappa shape index (κ1) is 16.6. The van der Waals surface area contributed by atoms with Crippen LogP contribution >= 0.6 is 11.6 Å². The van der Waals surface area contributed by atoms with Crippen molar-refractivity contribution < 1.29 is 13.2 Å². The zero-order chi connectivity index (χ0) is 18.3. The summed E-state index contributed by atoms with van der Waals surface area (Å²) in [5, 5.41) is 7.26. The Morgan fingerprint density at radius 3 is 2.81 bits per heavy atom. The predicted molar refractivity (Wildman–Crippen MR) is 98.2 cm³/mol. The number of nitrogens with zero attached hydrogens (tertiary/aromatic N) is 2. The van der Waals surface area contributed by atoms with Crippen molar-refractivity contribution in [3.8, 4) is 5.69 Å². The Hall–Kier alpha value is -2.84. The van der Waals surface area contributed by atoms with Gasteiger partial charge in [0.2, 0.25) is 5.91 Å². The molecule has 9 heteroatoms. The lowest BCUT2D eigenvalue weighted by atomic mass is 10.2. The lowest BCUT2D eigenvalue weighted by Gasteiger charge is -2.13. The van der Waals surface area contributed by atoms with Gasteiger partial charge in [0.1, 0.15) is 0 Å². The number of halogens is 1. The number of nitrogens with one attached hydrogen (secondary N) is 2. The highest BCUT2D eigenvalue weighted by Gasteiger charge is 2.22. The van der Waals surface area contributed by atoms with E-state index in [1.54, 1.807) is 42.7 Å². The Labute approximate surface area is 154 Å². The number of hydrogen-bond donors (Lipinski definition) is 2. The van der Waals surface area contributed by atoms with Gasteiger partial charge in [0.15, 0.2) is 0 Å². The minimum atomic E-state index is -3.85. The third-order valence-corrected chi connectivity index (χ3v) is 5.57. The molecule has 0 atom stereocenters. The van der Waals surface area contributed by atoms with Crippen LogP contribution in [-0.4, -0.2) is 24.1 Å². The third-order valence-electron chi connectivity index (χ3n) is 3.97. The smallest absolute Gasteiger partial charge is 0.261 e. The van der Waals surface area contributed by atoms with Gasteiger partial charge in [-0.15, -0.1) is 0 Å². The van der Waals surface area contributed by atoms with Gasteiger partial charge < -0.3 is 5.32 Å². The van der Waals surface area contributed by atoms with E-state index in [2.05, 4.69) is 15.1 Å². The van der Waals surface area contributed by atoms with Crippen LogP contribution < -0.4 is 10.0 Å². The largest absolute Gasteiger partial charge is 0.326 e. The maximum Gasteiger partial charge on any atom is 0.261 e. The summed E-state index contributed by atoms with van der Waals surface area (Å²) in [7, 11) is -3.85. The lowest BCUT2D eigenvalue weighted by molar-refractivity contribution is -0.115. The molecule has 0 unspecified atom stereocenters. The summed E-state index contributed by atoms with van der Waals surface area (Å²) in [6.45, 7) is 0. The maximum atomic E-state index is 12.8. The summed E-state index contributed by atoms with van der Waals surface area (Å²) in [5.74, 6) is -0.152. The van der Waals surface area contributed by atoms with Gasteiger partial charge in [-0.25, -0.2) is 13.1 Å². The summed E-state index contributed by atoms with van der Waals surface area (Å²) in [4.78, 5) is 11.5. The average molecular weight is 389 g/mol. The van der Waals surface area contributed by atoms with Crippen LogP contribution in [0.25, 0.3) is 5.69 Å². The summed E-state index contributed by atoms with van der Waals surface area (Å²) in [5.41, 5.74) is 2.14. The van der Waals surface area contributed by atoms with Crippen LogP contribution in [0.3, 0.4) is 0 Å². The van der Waals surface area contributed by atoms with Gasteiger partial charge in [-0.2, -0.15) is 5.10 Å². The van der Waals surface area contributed by atoms with Crippen molar-refractivity contribution in [1.82, 2.24) is 9.78 Å². The Kier molecular flexibility index (Phi) is 3.93. The first-order chi connectivity index (χ1) is 12.4. The number of aromatic nitrogens is 2. The fourth-order valence-electron chi connectivity index (χ4n) is 2.77. The Morgan fingerprint density at radius 2 is 2.04 bits per heavy atom. The summed E-state index contributed by atoms with van der Waals surface area (Å²) in [6, 6.07) is 11.1. The van der Waals surface area contributed by atoms with E-state index in [-0.39, 0.29) is 17.2 Å². The molecule has 0 saturated heterocycles. The highest BCUT2D eigenvalue weighted by atomic mass is 35.5. The molecule has 7 nitrogen and oxygen atoms in total. The number of carbonyl (C=O) groups is 1. The van der Waals surface area contributed by atoms with E-state index in [4.69, 9.17) is 11.6 Å². The average Bonchev–Trinajstić information content (AvgIpc) is 3.23. The molecule has 1 aromatic heterocycles. The molecule has 0 radical (unpaired) electrons. The zero-order valence-corrected chi connectivity index (χ0v) is 14.9. The number of hydrogen-bond acceptors (Lipinski definition) is 4. The molecule has 0 saturated carbocycles. The Bertz CT molecular complexity index is 1110. The molecule has 0 bridgehead atoms. The van der Waals surface area contributed by atoms with Crippen molar-refractivity contribution in [3.63, 3.8) is 0 Å². The standard InChI is InChI=1S/C17H13ClN4O3S/c18-12-2-4-15(16(10-12)22-7-1-6-19-22)21-26(24,25)13-3-5-14-11(8-13)9-17(23)20-14/h1-8,10,21H,9H2,(H,20,23). The van der Waals surface area contributed by atoms with E-state index in [0.29, 0.717) is 27.6 Å². The monoisotopic (exact) mass is 388 g/mol.